The molecule has 0 saturated carbocycles. The lowest BCUT2D eigenvalue weighted by Gasteiger charge is -2.27. The van der Waals surface area contributed by atoms with E-state index in [0.29, 0.717) is 65.7 Å². The van der Waals surface area contributed by atoms with Gasteiger partial charge in [-0.25, -0.2) is 0 Å². The van der Waals surface area contributed by atoms with Crippen molar-refractivity contribution in [2.75, 3.05) is 65.7 Å². The molecule has 0 N–H and O–H groups in total. The minimum atomic E-state index is -0.296. The Hall–Kier alpha value is -2.20. The van der Waals surface area contributed by atoms with Crippen LogP contribution in [-0.4, -0.2) is 99.4 Å². The van der Waals surface area contributed by atoms with E-state index in [1.165, 1.54) is 0 Å². The van der Waals surface area contributed by atoms with E-state index in [-0.39, 0.29) is 49.6 Å². The first-order chi connectivity index (χ1) is 15.4. The van der Waals surface area contributed by atoms with Crippen LogP contribution in [0.5, 0.6) is 0 Å². The van der Waals surface area contributed by atoms with Gasteiger partial charge in [0.2, 0.25) is 0 Å². The predicted octanol–water partition coefficient (Wildman–Crippen LogP) is 1.40. The number of carbonyl (C=O) groups excluding carboxylic acids is 4. The summed E-state index contributed by atoms with van der Waals surface area (Å²) in [4.78, 5) is 51.0. The lowest BCUT2D eigenvalue weighted by Crippen LogP contribution is -2.39. The fourth-order valence-corrected chi connectivity index (χ4v) is 2.88. The van der Waals surface area contributed by atoms with Gasteiger partial charge >= 0.3 is 23.9 Å². The van der Waals surface area contributed by atoms with Crippen LogP contribution >= 0.6 is 0 Å². The van der Waals surface area contributed by atoms with Crippen LogP contribution in [-0.2, 0) is 38.1 Å². The van der Waals surface area contributed by atoms with Gasteiger partial charge in [-0.15, -0.1) is 0 Å². The maximum Gasteiger partial charge on any atom is 0.307 e. The molecule has 0 aromatic carbocycles. The third-order valence-corrected chi connectivity index (χ3v) is 4.48. The van der Waals surface area contributed by atoms with Crippen molar-refractivity contribution >= 4 is 23.9 Å². The van der Waals surface area contributed by atoms with Crippen molar-refractivity contribution in [3.8, 4) is 0 Å². The zero-order chi connectivity index (χ0) is 24.2. The molecule has 0 unspecified atom stereocenters. The highest BCUT2D eigenvalue weighted by atomic mass is 16.5. The molecule has 0 aliphatic rings. The van der Waals surface area contributed by atoms with E-state index in [0.717, 1.165) is 0 Å². The quantitative estimate of drug-likeness (QED) is 0.207. The molecule has 0 fully saturated rings. The van der Waals surface area contributed by atoms with Crippen LogP contribution in [0.25, 0.3) is 0 Å². The summed E-state index contributed by atoms with van der Waals surface area (Å²) in [6.07, 6.45) is 0.843. The minimum absolute atomic E-state index is 0.211. The number of rotatable bonds is 19. The molecule has 0 atom stereocenters. The van der Waals surface area contributed by atoms with Crippen LogP contribution < -0.4 is 0 Å². The molecule has 0 aromatic rings. The molecule has 0 amide bonds. The van der Waals surface area contributed by atoms with Crippen LogP contribution in [0.2, 0.25) is 0 Å². The number of hydrogen-bond donors (Lipinski definition) is 0. The molecule has 0 bridgehead atoms. The Kier molecular flexibility index (Phi) is 18.1. The largest absolute Gasteiger partial charge is 0.466 e. The van der Waals surface area contributed by atoms with Gasteiger partial charge in [0.25, 0.3) is 0 Å². The van der Waals surface area contributed by atoms with E-state index in [9.17, 15) is 19.2 Å². The van der Waals surface area contributed by atoms with Crippen LogP contribution in [0.15, 0.2) is 0 Å². The van der Waals surface area contributed by atoms with Crippen molar-refractivity contribution in [1.29, 1.82) is 0 Å². The molecule has 10 heteroatoms. The Balaban J connectivity index is 4.90. The lowest BCUT2D eigenvalue weighted by atomic mass is 10.3. The second-order valence-corrected chi connectivity index (χ2v) is 6.90. The van der Waals surface area contributed by atoms with Gasteiger partial charge in [-0.3, -0.25) is 19.2 Å². The third kappa shape index (κ3) is 16.5. The first-order valence-electron chi connectivity index (χ1n) is 11.4. The maximum absolute atomic E-state index is 11.8. The first kappa shape index (κ1) is 29.8. The number of nitrogens with zero attached hydrogens (tertiary/aromatic N) is 2. The Morgan fingerprint density at radius 2 is 0.656 bits per heavy atom. The standard InChI is InChI=1S/C22H40N2O8/c1-5-29-19(25)9-13-23(14-10-20(26)30-6-2)17-18-24(15-11-21(27)31-7-3)16-12-22(28)32-8-4/h5-18H2,1-4H3. The van der Waals surface area contributed by atoms with Crippen molar-refractivity contribution in [3.05, 3.63) is 0 Å². The summed E-state index contributed by atoms with van der Waals surface area (Å²) in [5, 5.41) is 0. The van der Waals surface area contributed by atoms with Crippen LogP contribution in [0.4, 0.5) is 0 Å². The van der Waals surface area contributed by atoms with E-state index in [2.05, 4.69) is 0 Å². The van der Waals surface area contributed by atoms with Crippen molar-refractivity contribution in [3.63, 3.8) is 0 Å². The van der Waals surface area contributed by atoms with Gasteiger partial charge in [0.15, 0.2) is 0 Å². The summed E-state index contributed by atoms with van der Waals surface area (Å²) in [7, 11) is 0. The van der Waals surface area contributed by atoms with E-state index in [1.54, 1.807) is 27.7 Å². The van der Waals surface area contributed by atoms with E-state index >= 15 is 0 Å². The predicted molar refractivity (Wildman–Crippen MR) is 118 cm³/mol. The summed E-state index contributed by atoms with van der Waals surface area (Å²) in [5.74, 6) is -1.18. The number of esters is 4. The monoisotopic (exact) mass is 460 g/mol. The van der Waals surface area contributed by atoms with Crippen LogP contribution in [0.1, 0.15) is 53.4 Å². The highest BCUT2D eigenvalue weighted by Crippen LogP contribution is 2.03. The Labute approximate surface area is 191 Å². The molecule has 0 spiro atoms. The Morgan fingerprint density at radius 1 is 0.438 bits per heavy atom. The van der Waals surface area contributed by atoms with Gasteiger partial charge in [0.05, 0.1) is 52.1 Å². The number of hydrogen-bond acceptors (Lipinski definition) is 10. The van der Waals surface area contributed by atoms with Gasteiger partial charge in [-0.1, -0.05) is 0 Å². The van der Waals surface area contributed by atoms with Gasteiger partial charge in [0, 0.05) is 39.3 Å². The van der Waals surface area contributed by atoms with Gasteiger partial charge in [0.1, 0.15) is 0 Å². The molecule has 0 heterocycles. The summed E-state index contributed by atoms with van der Waals surface area (Å²) in [6.45, 7) is 11.1. The molecule has 0 radical (unpaired) electrons. The fraction of sp³-hybridized carbons (Fsp3) is 0.818. The number of ether oxygens (including phenoxy) is 4. The molecule has 0 rings (SSSR count). The van der Waals surface area contributed by atoms with E-state index < -0.39 is 0 Å². The molecule has 10 nitrogen and oxygen atoms in total. The van der Waals surface area contributed by atoms with Crippen molar-refractivity contribution in [2.45, 2.75) is 53.4 Å². The highest BCUT2D eigenvalue weighted by molar-refractivity contribution is 5.70. The topological polar surface area (TPSA) is 112 Å². The molecule has 32 heavy (non-hydrogen) atoms. The normalized spacial score (nSPS) is 10.8. The molecule has 0 aromatic heterocycles. The van der Waals surface area contributed by atoms with Gasteiger partial charge in [-0.2, -0.15) is 0 Å². The molecular weight excluding hydrogens is 420 g/mol. The van der Waals surface area contributed by atoms with Crippen molar-refractivity contribution in [1.82, 2.24) is 9.80 Å². The molecule has 0 aliphatic carbocycles. The second-order valence-electron chi connectivity index (χ2n) is 6.90. The summed E-state index contributed by atoms with van der Waals surface area (Å²) in [6, 6.07) is 0. The average molecular weight is 461 g/mol. The van der Waals surface area contributed by atoms with Crippen LogP contribution in [0.3, 0.4) is 0 Å². The Morgan fingerprint density at radius 3 is 0.844 bits per heavy atom. The van der Waals surface area contributed by atoms with Crippen LogP contribution in [0, 0.1) is 0 Å². The van der Waals surface area contributed by atoms with Crippen molar-refractivity contribution in [2.24, 2.45) is 0 Å². The van der Waals surface area contributed by atoms with E-state index in [4.69, 9.17) is 18.9 Å². The minimum Gasteiger partial charge on any atom is -0.466 e. The second kappa shape index (κ2) is 19.5. The summed E-state index contributed by atoms with van der Waals surface area (Å²) in [5.41, 5.74) is 0. The smallest absolute Gasteiger partial charge is 0.307 e. The molecule has 0 aliphatic heterocycles. The average Bonchev–Trinajstić information content (AvgIpc) is 2.75. The molecule has 0 saturated heterocycles. The van der Waals surface area contributed by atoms with Crippen molar-refractivity contribution < 1.29 is 38.1 Å². The summed E-state index contributed by atoms with van der Waals surface area (Å²) >= 11 is 0. The maximum atomic E-state index is 11.8. The first-order valence-corrected chi connectivity index (χ1v) is 11.4. The molecule has 186 valence electrons. The third-order valence-electron chi connectivity index (χ3n) is 4.48. The zero-order valence-corrected chi connectivity index (χ0v) is 20.1. The molecular formula is C22H40N2O8. The highest BCUT2D eigenvalue weighted by Gasteiger charge is 2.16. The zero-order valence-electron chi connectivity index (χ0n) is 20.1. The van der Waals surface area contributed by atoms with E-state index in [1.807, 2.05) is 9.80 Å². The SMILES string of the molecule is CCOC(=O)CCN(CCC(=O)OCC)CCN(CCC(=O)OCC)CCC(=O)OCC. The Bertz CT molecular complexity index is 464. The summed E-state index contributed by atoms with van der Waals surface area (Å²) < 4.78 is 19.9. The van der Waals surface area contributed by atoms with Gasteiger partial charge in [-0.05, 0) is 27.7 Å². The number of carbonyl (C=O) groups is 4. The lowest BCUT2D eigenvalue weighted by molar-refractivity contribution is -0.145. The van der Waals surface area contributed by atoms with Gasteiger partial charge < -0.3 is 28.7 Å². The fourth-order valence-electron chi connectivity index (χ4n) is 2.88.